The van der Waals surface area contributed by atoms with Gasteiger partial charge in [-0.2, -0.15) is 4.98 Å². The Labute approximate surface area is 146 Å². The van der Waals surface area contributed by atoms with E-state index >= 15 is 0 Å². The molecule has 0 spiro atoms. The van der Waals surface area contributed by atoms with Crippen molar-refractivity contribution in [2.75, 3.05) is 44.0 Å². The Morgan fingerprint density at radius 1 is 1.36 bits per heavy atom. The number of carbonyl (C=O) groups excluding carboxylic acids is 1. The van der Waals surface area contributed by atoms with Crippen LogP contribution in [0.2, 0.25) is 0 Å². The van der Waals surface area contributed by atoms with Crippen LogP contribution >= 0.6 is 0 Å². The number of aryl methyl sites for hydroxylation is 2. The first-order chi connectivity index (χ1) is 11.9. The zero-order valence-corrected chi connectivity index (χ0v) is 14.8. The highest BCUT2D eigenvalue weighted by molar-refractivity contribution is 5.87. The molecule has 0 aromatic carbocycles. The Morgan fingerprint density at radius 3 is 2.84 bits per heavy atom. The maximum atomic E-state index is 12.5. The minimum atomic E-state index is -0.297. The van der Waals surface area contributed by atoms with Crippen LogP contribution in [0.4, 0.5) is 16.8 Å². The van der Waals surface area contributed by atoms with E-state index in [-0.39, 0.29) is 18.1 Å². The number of amides is 2. The zero-order valence-electron chi connectivity index (χ0n) is 14.8. The van der Waals surface area contributed by atoms with Gasteiger partial charge in [-0.1, -0.05) is 0 Å². The highest BCUT2D eigenvalue weighted by atomic mass is 16.5. The summed E-state index contributed by atoms with van der Waals surface area (Å²) in [7, 11) is 3.75. The van der Waals surface area contributed by atoms with E-state index in [0.29, 0.717) is 31.4 Å². The fourth-order valence-electron chi connectivity index (χ4n) is 2.47. The first-order valence-electron chi connectivity index (χ1n) is 8.06. The van der Waals surface area contributed by atoms with Crippen LogP contribution in [-0.2, 0) is 4.74 Å². The molecule has 2 amide bonds. The fraction of sp³-hybridized carbons (Fsp3) is 0.500. The van der Waals surface area contributed by atoms with Crippen molar-refractivity contribution in [2.24, 2.45) is 0 Å². The third-order valence-electron chi connectivity index (χ3n) is 3.99. The predicted octanol–water partition coefficient (Wildman–Crippen LogP) is 1.75. The molecule has 1 aliphatic rings. The molecular formula is C16H22N6O3. The third kappa shape index (κ3) is 3.87. The molecule has 1 saturated heterocycles. The monoisotopic (exact) mass is 346 g/mol. The van der Waals surface area contributed by atoms with E-state index in [9.17, 15) is 4.79 Å². The molecule has 1 fully saturated rings. The molecule has 2 aromatic rings. The molecule has 25 heavy (non-hydrogen) atoms. The normalized spacial score (nSPS) is 17.4. The van der Waals surface area contributed by atoms with E-state index < -0.39 is 0 Å². The Bertz CT molecular complexity index is 741. The average Bonchev–Trinajstić information content (AvgIpc) is 2.92. The number of morpholine rings is 1. The smallest absolute Gasteiger partial charge is 0.325 e. The van der Waals surface area contributed by atoms with Gasteiger partial charge in [0.2, 0.25) is 5.95 Å². The van der Waals surface area contributed by atoms with Gasteiger partial charge in [0.05, 0.1) is 24.5 Å². The summed E-state index contributed by atoms with van der Waals surface area (Å²) >= 11 is 0. The topological polar surface area (TPSA) is 96.6 Å². The second-order valence-corrected chi connectivity index (χ2v) is 6.07. The largest absolute Gasteiger partial charge is 0.428 e. The Balaban J connectivity index is 1.68. The second kappa shape index (κ2) is 7.06. The number of hydrogen-bond acceptors (Lipinski definition) is 7. The number of carbonyl (C=O) groups is 1. The van der Waals surface area contributed by atoms with Crippen LogP contribution in [-0.4, -0.2) is 59.7 Å². The molecule has 1 N–H and O–H groups in total. The van der Waals surface area contributed by atoms with Crippen LogP contribution in [0, 0.1) is 13.8 Å². The molecule has 9 heteroatoms. The number of hydrogen-bond donors (Lipinski definition) is 1. The highest BCUT2D eigenvalue weighted by Crippen LogP contribution is 2.22. The lowest BCUT2D eigenvalue weighted by Gasteiger charge is -2.32. The summed E-state index contributed by atoms with van der Waals surface area (Å²) < 4.78 is 11.2. The maximum absolute atomic E-state index is 12.5. The number of nitrogens with one attached hydrogen (secondary N) is 1. The van der Waals surface area contributed by atoms with Crippen molar-refractivity contribution >= 4 is 18.0 Å². The summed E-state index contributed by atoms with van der Waals surface area (Å²) in [5, 5.41) is 2.69. The lowest BCUT2D eigenvalue weighted by molar-refractivity contribution is -0.0158. The SMILES string of the molecule is Cc1nc(NC(=O)N2CCO[C@@H](c3ccnc(N(C)C)n3)C2)oc1C. The first kappa shape index (κ1) is 17.2. The molecule has 0 aliphatic carbocycles. The number of nitrogens with zero attached hydrogens (tertiary/aromatic N) is 5. The molecule has 0 bridgehead atoms. The molecule has 2 aromatic heterocycles. The van der Waals surface area contributed by atoms with Crippen molar-refractivity contribution < 1.29 is 13.9 Å². The summed E-state index contributed by atoms with van der Waals surface area (Å²) in [6, 6.07) is 1.75. The van der Waals surface area contributed by atoms with Crippen LogP contribution in [0.15, 0.2) is 16.7 Å². The molecule has 1 atom stereocenters. The van der Waals surface area contributed by atoms with Crippen LogP contribution in [0.25, 0.3) is 0 Å². The van der Waals surface area contributed by atoms with Crippen molar-refractivity contribution in [3.05, 3.63) is 29.4 Å². The van der Waals surface area contributed by atoms with E-state index in [2.05, 4.69) is 20.3 Å². The van der Waals surface area contributed by atoms with Crippen LogP contribution < -0.4 is 10.2 Å². The molecule has 0 saturated carbocycles. The predicted molar refractivity (Wildman–Crippen MR) is 91.6 cm³/mol. The van der Waals surface area contributed by atoms with Crippen molar-refractivity contribution in [1.29, 1.82) is 0 Å². The van der Waals surface area contributed by atoms with Crippen molar-refractivity contribution in [3.63, 3.8) is 0 Å². The minimum Gasteiger partial charge on any atom is -0.428 e. The molecular weight excluding hydrogens is 324 g/mol. The lowest BCUT2D eigenvalue weighted by Crippen LogP contribution is -2.44. The van der Waals surface area contributed by atoms with Crippen molar-refractivity contribution in [2.45, 2.75) is 20.0 Å². The van der Waals surface area contributed by atoms with Crippen LogP contribution in [0.5, 0.6) is 0 Å². The van der Waals surface area contributed by atoms with Gasteiger partial charge in [0.15, 0.2) is 0 Å². The van der Waals surface area contributed by atoms with Gasteiger partial charge in [-0.25, -0.2) is 14.8 Å². The fourth-order valence-corrected chi connectivity index (χ4v) is 2.47. The summed E-state index contributed by atoms with van der Waals surface area (Å²) in [4.78, 5) is 28.8. The lowest BCUT2D eigenvalue weighted by atomic mass is 10.2. The van der Waals surface area contributed by atoms with Gasteiger partial charge in [-0.15, -0.1) is 0 Å². The second-order valence-electron chi connectivity index (χ2n) is 6.07. The summed E-state index contributed by atoms with van der Waals surface area (Å²) in [6.45, 7) is 4.96. The van der Waals surface area contributed by atoms with Crippen LogP contribution in [0.3, 0.4) is 0 Å². The number of aromatic nitrogens is 3. The van der Waals surface area contributed by atoms with E-state index in [1.165, 1.54) is 0 Å². The van der Waals surface area contributed by atoms with E-state index in [0.717, 1.165) is 11.4 Å². The molecule has 3 heterocycles. The van der Waals surface area contributed by atoms with Gasteiger partial charge in [0.25, 0.3) is 0 Å². The molecule has 3 rings (SSSR count). The molecule has 0 radical (unpaired) electrons. The van der Waals surface area contributed by atoms with Crippen molar-refractivity contribution in [3.8, 4) is 0 Å². The van der Waals surface area contributed by atoms with E-state index in [4.69, 9.17) is 9.15 Å². The summed E-state index contributed by atoms with van der Waals surface area (Å²) in [5.74, 6) is 1.29. The van der Waals surface area contributed by atoms with Crippen molar-refractivity contribution in [1.82, 2.24) is 19.9 Å². The Morgan fingerprint density at radius 2 is 2.16 bits per heavy atom. The average molecular weight is 346 g/mol. The maximum Gasteiger partial charge on any atom is 0.325 e. The van der Waals surface area contributed by atoms with Gasteiger partial charge < -0.3 is 19.0 Å². The standard InChI is InChI=1S/C16H22N6O3/c1-10-11(2)25-15(18-10)20-16(23)22-7-8-24-13(9-22)12-5-6-17-14(19-12)21(3)4/h5-6,13H,7-9H2,1-4H3,(H,18,20,23)/t13-/m1/s1. The molecule has 0 unspecified atom stereocenters. The first-order valence-corrected chi connectivity index (χ1v) is 8.06. The quantitative estimate of drug-likeness (QED) is 0.904. The van der Waals surface area contributed by atoms with Gasteiger partial charge in [0, 0.05) is 26.8 Å². The number of urea groups is 1. The molecule has 1 aliphatic heterocycles. The number of oxazole rings is 1. The number of ether oxygens (including phenoxy) is 1. The number of anilines is 2. The van der Waals surface area contributed by atoms with Gasteiger partial charge in [0.1, 0.15) is 11.9 Å². The Hall–Kier alpha value is -2.68. The zero-order chi connectivity index (χ0) is 18.0. The van der Waals surface area contributed by atoms with Gasteiger partial charge in [-0.05, 0) is 19.9 Å². The summed E-state index contributed by atoms with van der Waals surface area (Å²) in [6.07, 6.45) is 1.40. The third-order valence-corrected chi connectivity index (χ3v) is 3.99. The van der Waals surface area contributed by atoms with Gasteiger partial charge >= 0.3 is 12.0 Å². The highest BCUT2D eigenvalue weighted by Gasteiger charge is 2.27. The van der Waals surface area contributed by atoms with E-state index in [1.807, 2.05) is 25.9 Å². The van der Waals surface area contributed by atoms with Crippen LogP contribution in [0.1, 0.15) is 23.3 Å². The van der Waals surface area contributed by atoms with Gasteiger partial charge in [-0.3, -0.25) is 5.32 Å². The Kier molecular flexibility index (Phi) is 4.84. The van der Waals surface area contributed by atoms with E-state index in [1.54, 1.807) is 24.1 Å². The number of rotatable bonds is 3. The molecule has 134 valence electrons. The minimum absolute atomic E-state index is 0.208. The molecule has 9 nitrogen and oxygen atoms in total. The summed E-state index contributed by atoms with van der Waals surface area (Å²) in [5.41, 5.74) is 1.51.